The van der Waals surface area contributed by atoms with Crippen LogP contribution in [0.5, 0.6) is 0 Å². The van der Waals surface area contributed by atoms with E-state index < -0.39 is 0 Å². The van der Waals surface area contributed by atoms with E-state index in [0.29, 0.717) is 0 Å². The highest BCUT2D eigenvalue weighted by atomic mass is 32.2. The average Bonchev–Trinajstić information content (AvgIpc) is 2.75. The van der Waals surface area contributed by atoms with Gasteiger partial charge < -0.3 is 10.9 Å². The third-order valence-corrected chi connectivity index (χ3v) is 4.68. The molecule has 0 aliphatic heterocycles. The van der Waals surface area contributed by atoms with Crippen molar-refractivity contribution in [2.24, 2.45) is 17.9 Å². The maximum atomic E-state index is 8.98. The van der Waals surface area contributed by atoms with E-state index in [1.165, 1.54) is 0 Å². The number of oxime groups is 1. The summed E-state index contributed by atoms with van der Waals surface area (Å²) in [5.41, 5.74) is 7.53. The molecule has 0 saturated heterocycles. The molecular weight excluding hydrogens is 292 g/mol. The quantitative estimate of drug-likeness (QED) is 0.298. The van der Waals surface area contributed by atoms with Crippen molar-refractivity contribution in [1.82, 2.24) is 9.78 Å². The molecule has 2 rings (SSSR count). The van der Waals surface area contributed by atoms with Gasteiger partial charge in [-0.1, -0.05) is 23.0 Å². The number of hydrogen-bond donors (Lipinski definition) is 2. The Kier molecular flexibility index (Phi) is 4.61. The van der Waals surface area contributed by atoms with Gasteiger partial charge in [0.1, 0.15) is 0 Å². The minimum Gasteiger partial charge on any atom is -0.409 e. The van der Waals surface area contributed by atoms with Gasteiger partial charge >= 0.3 is 0 Å². The van der Waals surface area contributed by atoms with Gasteiger partial charge in [0.25, 0.3) is 0 Å². The van der Waals surface area contributed by atoms with E-state index in [1.807, 2.05) is 49.2 Å². The molecule has 1 heterocycles. The molecule has 0 aliphatic carbocycles. The van der Waals surface area contributed by atoms with Crippen LogP contribution in [-0.4, -0.2) is 27.1 Å². The first kappa shape index (κ1) is 14.8. The van der Waals surface area contributed by atoms with Gasteiger partial charge in [-0.15, -0.1) is 11.8 Å². The zero-order valence-corrected chi connectivity index (χ0v) is 13.1. The third kappa shape index (κ3) is 2.94. The highest BCUT2D eigenvalue weighted by Crippen LogP contribution is 2.34. The Morgan fingerprint density at radius 3 is 2.65 bits per heavy atom. The largest absolute Gasteiger partial charge is 0.409 e. The van der Waals surface area contributed by atoms with Crippen LogP contribution in [0.1, 0.15) is 11.3 Å². The van der Waals surface area contributed by atoms with Crippen LogP contribution in [0.25, 0.3) is 0 Å². The van der Waals surface area contributed by atoms with Crippen molar-refractivity contribution in [3.8, 4) is 0 Å². The van der Waals surface area contributed by atoms with Gasteiger partial charge in [0.15, 0.2) is 5.84 Å². The van der Waals surface area contributed by atoms with Crippen molar-refractivity contribution in [2.75, 3.05) is 6.26 Å². The van der Waals surface area contributed by atoms with Crippen LogP contribution >= 0.6 is 23.5 Å². The molecule has 0 amide bonds. The van der Waals surface area contributed by atoms with Gasteiger partial charge in [-0.05, 0) is 31.4 Å². The standard InChI is InChI=1S/C13H16N4OS2/c1-8-7-11(17(2)15-8)20-10-6-4-5-9(19-3)12(10)13(14)16-18/h4-7,18H,1-3H3,(H2,14,16). The van der Waals surface area contributed by atoms with Gasteiger partial charge in [-0.3, -0.25) is 4.68 Å². The Bertz CT molecular complexity index is 652. The van der Waals surface area contributed by atoms with Crippen LogP contribution in [0.15, 0.2) is 44.2 Å². The summed E-state index contributed by atoms with van der Waals surface area (Å²) in [5, 5.41) is 17.5. The fourth-order valence-corrected chi connectivity index (χ4v) is 3.65. The number of thioether (sulfide) groups is 1. The number of aromatic nitrogens is 2. The Hall–Kier alpha value is -1.60. The zero-order valence-electron chi connectivity index (χ0n) is 11.5. The lowest BCUT2D eigenvalue weighted by atomic mass is 10.2. The number of amidine groups is 1. The molecule has 0 saturated carbocycles. The SMILES string of the molecule is CSc1cccc(Sc2cc(C)nn2C)c1/C(N)=N/O. The molecule has 0 radical (unpaired) electrons. The van der Waals surface area contributed by atoms with Crippen molar-refractivity contribution in [2.45, 2.75) is 21.7 Å². The molecule has 0 unspecified atom stereocenters. The lowest BCUT2D eigenvalue weighted by molar-refractivity contribution is 0.318. The minimum atomic E-state index is 0.122. The molecule has 0 aliphatic rings. The molecule has 20 heavy (non-hydrogen) atoms. The van der Waals surface area contributed by atoms with Gasteiger partial charge in [0, 0.05) is 22.4 Å². The lowest BCUT2D eigenvalue weighted by Gasteiger charge is -2.11. The third-order valence-electron chi connectivity index (χ3n) is 2.75. The fourth-order valence-electron chi connectivity index (χ4n) is 1.86. The summed E-state index contributed by atoms with van der Waals surface area (Å²) >= 11 is 3.12. The van der Waals surface area contributed by atoms with Gasteiger partial charge in [-0.25, -0.2) is 0 Å². The van der Waals surface area contributed by atoms with Crippen molar-refractivity contribution in [1.29, 1.82) is 0 Å². The van der Waals surface area contributed by atoms with E-state index in [-0.39, 0.29) is 5.84 Å². The summed E-state index contributed by atoms with van der Waals surface area (Å²) in [5.74, 6) is 0.122. The summed E-state index contributed by atoms with van der Waals surface area (Å²) in [6.07, 6.45) is 1.96. The molecule has 1 aromatic carbocycles. The molecule has 1 aromatic heterocycles. The second kappa shape index (κ2) is 6.23. The van der Waals surface area contributed by atoms with Crippen LogP contribution in [-0.2, 0) is 7.05 Å². The van der Waals surface area contributed by atoms with E-state index >= 15 is 0 Å². The summed E-state index contributed by atoms with van der Waals surface area (Å²) < 4.78 is 1.82. The molecule has 0 spiro atoms. The first-order valence-electron chi connectivity index (χ1n) is 5.90. The topological polar surface area (TPSA) is 76.4 Å². The maximum Gasteiger partial charge on any atom is 0.172 e. The van der Waals surface area contributed by atoms with Crippen molar-refractivity contribution < 1.29 is 5.21 Å². The van der Waals surface area contributed by atoms with Crippen molar-refractivity contribution in [3.63, 3.8) is 0 Å². The number of benzene rings is 1. The van der Waals surface area contributed by atoms with Crippen LogP contribution in [0.3, 0.4) is 0 Å². The molecular formula is C13H16N4OS2. The summed E-state index contributed by atoms with van der Waals surface area (Å²) in [7, 11) is 1.90. The van der Waals surface area contributed by atoms with Crippen LogP contribution in [0.4, 0.5) is 0 Å². The molecule has 5 nitrogen and oxygen atoms in total. The highest BCUT2D eigenvalue weighted by Gasteiger charge is 2.15. The van der Waals surface area contributed by atoms with Crippen molar-refractivity contribution >= 4 is 29.4 Å². The second-order valence-electron chi connectivity index (χ2n) is 4.17. The maximum absolute atomic E-state index is 8.98. The molecule has 3 N–H and O–H groups in total. The normalized spacial score (nSPS) is 11.8. The summed E-state index contributed by atoms with van der Waals surface area (Å²) in [6, 6.07) is 7.88. The lowest BCUT2D eigenvalue weighted by Crippen LogP contribution is -2.15. The predicted molar refractivity (Wildman–Crippen MR) is 82.8 cm³/mol. The van der Waals surface area contributed by atoms with Gasteiger partial charge in [-0.2, -0.15) is 5.10 Å². The number of nitrogens with zero attached hydrogens (tertiary/aromatic N) is 3. The number of aryl methyl sites for hydroxylation is 2. The summed E-state index contributed by atoms with van der Waals surface area (Å²) in [6.45, 7) is 1.95. The first-order chi connectivity index (χ1) is 9.56. The van der Waals surface area contributed by atoms with Crippen LogP contribution in [0, 0.1) is 6.92 Å². The van der Waals surface area contributed by atoms with Crippen molar-refractivity contribution in [3.05, 3.63) is 35.5 Å². The Balaban J connectivity index is 2.49. The number of rotatable bonds is 4. The Morgan fingerprint density at radius 2 is 2.10 bits per heavy atom. The monoisotopic (exact) mass is 308 g/mol. The fraction of sp³-hybridized carbons (Fsp3) is 0.231. The van der Waals surface area contributed by atoms with E-state index in [1.54, 1.807) is 23.5 Å². The Morgan fingerprint density at radius 1 is 1.40 bits per heavy atom. The summed E-state index contributed by atoms with van der Waals surface area (Å²) in [4.78, 5) is 1.92. The number of hydrogen-bond acceptors (Lipinski definition) is 5. The van der Waals surface area contributed by atoms with E-state index in [2.05, 4.69) is 10.3 Å². The molecule has 0 fully saturated rings. The Labute approximate surface area is 126 Å². The molecule has 0 bridgehead atoms. The number of nitrogens with two attached hydrogens (primary N) is 1. The van der Waals surface area contributed by atoms with Crippen LogP contribution in [0.2, 0.25) is 0 Å². The van der Waals surface area contributed by atoms with Gasteiger partial charge in [0.2, 0.25) is 0 Å². The predicted octanol–water partition coefficient (Wildman–Crippen LogP) is 2.70. The van der Waals surface area contributed by atoms with E-state index in [4.69, 9.17) is 10.9 Å². The van der Waals surface area contributed by atoms with Gasteiger partial charge in [0.05, 0.1) is 10.7 Å². The zero-order chi connectivity index (χ0) is 14.7. The minimum absolute atomic E-state index is 0.122. The molecule has 7 heteroatoms. The average molecular weight is 308 g/mol. The highest BCUT2D eigenvalue weighted by molar-refractivity contribution is 8.00. The smallest absolute Gasteiger partial charge is 0.172 e. The second-order valence-corrected chi connectivity index (χ2v) is 6.08. The van der Waals surface area contributed by atoms with E-state index in [0.717, 1.165) is 26.1 Å². The van der Waals surface area contributed by atoms with E-state index in [9.17, 15) is 0 Å². The van der Waals surface area contributed by atoms with Crippen LogP contribution < -0.4 is 5.73 Å². The molecule has 2 aromatic rings. The first-order valence-corrected chi connectivity index (χ1v) is 7.94. The molecule has 106 valence electrons. The molecule has 0 atom stereocenters.